The summed E-state index contributed by atoms with van der Waals surface area (Å²) in [7, 11) is 0. The molecule has 2 aliphatic rings. The molecular formula is C19H26N2O5. The first-order valence-corrected chi connectivity index (χ1v) is 9.07. The van der Waals surface area contributed by atoms with Crippen LogP contribution in [0.2, 0.25) is 0 Å². The lowest BCUT2D eigenvalue weighted by atomic mass is 10.2. The standard InChI is InChI=1S/C19H26N2O5/c1-4-24-18(23)16-8-14(16)10-21(11-15-12-25-19(2,3)26-15)17(22)13-6-5-7-20-9-13/h5-7,9,14-16H,4,8,10-12H2,1-3H3/t14-,15+,16+/m0/s1. The van der Waals surface area contributed by atoms with Gasteiger partial charge in [-0.05, 0) is 45.2 Å². The molecule has 1 aliphatic heterocycles. The van der Waals surface area contributed by atoms with E-state index in [1.165, 1.54) is 0 Å². The van der Waals surface area contributed by atoms with Crippen molar-refractivity contribution in [3.8, 4) is 0 Å². The summed E-state index contributed by atoms with van der Waals surface area (Å²) in [5.41, 5.74) is 0.527. The number of ether oxygens (including phenoxy) is 3. The molecule has 142 valence electrons. The maximum absolute atomic E-state index is 12.9. The zero-order valence-corrected chi connectivity index (χ0v) is 15.5. The molecule has 1 saturated heterocycles. The van der Waals surface area contributed by atoms with Crippen molar-refractivity contribution in [2.24, 2.45) is 11.8 Å². The zero-order chi connectivity index (χ0) is 18.7. The molecule has 0 unspecified atom stereocenters. The Morgan fingerprint density at radius 3 is 2.81 bits per heavy atom. The van der Waals surface area contributed by atoms with Crippen molar-refractivity contribution in [2.75, 3.05) is 26.3 Å². The van der Waals surface area contributed by atoms with Crippen LogP contribution in [0, 0.1) is 11.8 Å². The molecule has 3 atom stereocenters. The SMILES string of the molecule is CCOC(=O)[C@@H]1C[C@H]1CN(C[C@@H]1COC(C)(C)O1)C(=O)c1cccnc1. The summed E-state index contributed by atoms with van der Waals surface area (Å²) in [6.07, 6.45) is 3.75. The number of esters is 1. The number of aromatic nitrogens is 1. The van der Waals surface area contributed by atoms with Crippen LogP contribution in [0.3, 0.4) is 0 Å². The van der Waals surface area contributed by atoms with Crippen molar-refractivity contribution < 1.29 is 23.8 Å². The maximum atomic E-state index is 12.9. The van der Waals surface area contributed by atoms with E-state index in [0.29, 0.717) is 31.9 Å². The molecular weight excluding hydrogens is 336 g/mol. The van der Waals surface area contributed by atoms with Crippen molar-refractivity contribution in [3.63, 3.8) is 0 Å². The summed E-state index contributed by atoms with van der Waals surface area (Å²) in [5, 5.41) is 0. The molecule has 0 aromatic carbocycles. The molecule has 7 heteroatoms. The Labute approximate surface area is 153 Å². The highest BCUT2D eigenvalue weighted by Gasteiger charge is 2.46. The van der Waals surface area contributed by atoms with Gasteiger partial charge in [0.2, 0.25) is 0 Å². The number of carbonyl (C=O) groups is 2. The molecule has 1 saturated carbocycles. The Morgan fingerprint density at radius 2 is 2.19 bits per heavy atom. The van der Waals surface area contributed by atoms with Crippen LogP contribution in [0.1, 0.15) is 37.6 Å². The minimum absolute atomic E-state index is 0.110. The third-order valence-electron chi connectivity index (χ3n) is 4.65. The highest BCUT2D eigenvalue weighted by molar-refractivity contribution is 5.94. The van der Waals surface area contributed by atoms with E-state index in [9.17, 15) is 9.59 Å². The van der Waals surface area contributed by atoms with Gasteiger partial charge in [0.15, 0.2) is 5.79 Å². The molecule has 0 spiro atoms. The molecule has 1 aliphatic carbocycles. The summed E-state index contributed by atoms with van der Waals surface area (Å²) in [6.45, 7) is 7.25. The average Bonchev–Trinajstić information content (AvgIpc) is 3.30. The fourth-order valence-electron chi connectivity index (χ4n) is 3.28. The van der Waals surface area contributed by atoms with Crippen molar-refractivity contribution in [1.82, 2.24) is 9.88 Å². The normalized spacial score (nSPS) is 26.3. The van der Waals surface area contributed by atoms with Gasteiger partial charge in [-0.3, -0.25) is 14.6 Å². The topological polar surface area (TPSA) is 78.0 Å². The number of nitrogens with zero attached hydrogens (tertiary/aromatic N) is 2. The second-order valence-electron chi connectivity index (χ2n) is 7.26. The van der Waals surface area contributed by atoms with E-state index in [-0.39, 0.29) is 29.8 Å². The van der Waals surface area contributed by atoms with Gasteiger partial charge in [-0.25, -0.2) is 0 Å². The van der Waals surface area contributed by atoms with Crippen LogP contribution in [-0.4, -0.2) is 60.0 Å². The predicted molar refractivity (Wildman–Crippen MR) is 93.3 cm³/mol. The highest BCUT2D eigenvalue weighted by atomic mass is 16.7. The summed E-state index contributed by atoms with van der Waals surface area (Å²) >= 11 is 0. The molecule has 1 amide bonds. The summed E-state index contributed by atoms with van der Waals surface area (Å²) < 4.78 is 16.5. The molecule has 7 nitrogen and oxygen atoms in total. The molecule has 3 rings (SSSR count). The molecule has 26 heavy (non-hydrogen) atoms. The molecule has 0 bridgehead atoms. The average molecular weight is 362 g/mol. The number of amides is 1. The van der Waals surface area contributed by atoms with Crippen molar-refractivity contribution in [1.29, 1.82) is 0 Å². The lowest BCUT2D eigenvalue weighted by Gasteiger charge is -2.26. The number of pyridine rings is 1. The number of carbonyl (C=O) groups excluding carboxylic acids is 2. The Bertz CT molecular complexity index is 649. The summed E-state index contributed by atoms with van der Waals surface area (Å²) in [4.78, 5) is 30.6. The Hall–Kier alpha value is -1.99. The van der Waals surface area contributed by atoms with E-state index in [1.807, 2.05) is 13.8 Å². The van der Waals surface area contributed by atoms with Gasteiger partial charge >= 0.3 is 5.97 Å². The van der Waals surface area contributed by atoms with Gasteiger partial charge in [0.05, 0.1) is 24.7 Å². The predicted octanol–water partition coefficient (Wildman–Crippen LogP) is 1.87. The van der Waals surface area contributed by atoms with Gasteiger partial charge in [-0.15, -0.1) is 0 Å². The fraction of sp³-hybridized carbons (Fsp3) is 0.632. The lowest BCUT2D eigenvalue weighted by Crippen LogP contribution is -2.40. The molecule has 1 aromatic rings. The number of hydrogen-bond donors (Lipinski definition) is 0. The van der Waals surface area contributed by atoms with Crippen molar-refractivity contribution >= 4 is 11.9 Å². The van der Waals surface area contributed by atoms with Crippen molar-refractivity contribution in [2.45, 2.75) is 39.1 Å². The Morgan fingerprint density at radius 1 is 1.38 bits per heavy atom. The van der Waals surface area contributed by atoms with Crippen LogP contribution in [0.5, 0.6) is 0 Å². The lowest BCUT2D eigenvalue weighted by molar-refractivity contribution is -0.145. The molecule has 1 aromatic heterocycles. The van der Waals surface area contributed by atoms with E-state index in [2.05, 4.69) is 4.98 Å². The van der Waals surface area contributed by atoms with Gasteiger partial charge in [0.25, 0.3) is 5.91 Å². The minimum atomic E-state index is -0.638. The largest absolute Gasteiger partial charge is 0.466 e. The number of rotatable bonds is 7. The van der Waals surface area contributed by atoms with Gasteiger partial charge in [0.1, 0.15) is 6.10 Å². The van der Waals surface area contributed by atoms with Gasteiger partial charge in [-0.1, -0.05) is 0 Å². The second-order valence-corrected chi connectivity index (χ2v) is 7.26. The van der Waals surface area contributed by atoms with E-state index >= 15 is 0 Å². The van der Waals surface area contributed by atoms with Gasteiger partial charge < -0.3 is 19.1 Å². The van der Waals surface area contributed by atoms with Gasteiger partial charge in [0, 0.05) is 25.5 Å². The molecule has 2 fully saturated rings. The van der Waals surface area contributed by atoms with Gasteiger partial charge in [-0.2, -0.15) is 0 Å². The van der Waals surface area contributed by atoms with Crippen LogP contribution in [-0.2, 0) is 19.0 Å². The monoisotopic (exact) mass is 362 g/mol. The Balaban J connectivity index is 1.66. The third kappa shape index (κ3) is 4.59. The van der Waals surface area contributed by atoms with Crippen LogP contribution >= 0.6 is 0 Å². The van der Waals surface area contributed by atoms with E-state index < -0.39 is 5.79 Å². The first kappa shape index (κ1) is 18.8. The fourth-order valence-corrected chi connectivity index (χ4v) is 3.28. The van der Waals surface area contributed by atoms with E-state index in [1.54, 1.807) is 36.4 Å². The second kappa shape index (κ2) is 7.72. The molecule has 0 radical (unpaired) electrons. The Kier molecular flexibility index (Phi) is 5.58. The minimum Gasteiger partial charge on any atom is -0.466 e. The maximum Gasteiger partial charge on any atom is 0.309 e. The smallest absolute Gasteiger partial charge is 0.309 e. The third-order valence-corrected chi connectivity index (χ3v) is 4.65. The van der Waals surface area contributed by atoms with Crippen molar-refractivity contribution in [3.05, 3.63) is 30.1 Å². The van der Waals surface area contributed by atoms with E-state index in [4.69, 9.17) is 14.2 Å². The summed E-state index contributed by atoms with van der Waals surface area (Å²) in [6, 6.07) is 3.48. The first-order chi connectivity index (χ1) is 12.4. The first-order valence-electron chi connectivity index (χ1n) is 9.07. The summed E-state index contributed by atoms with van der Waals surface area (Å²) in [5.74, 6) is -0.907. The van der Waals surface area contributed by atoms with Crippen LogP contribution < -0.4 is 0 Å². The molecule has 0 N–H and O–H groups in total. The van der Waals surface area contributed by atoms with Crippen LogP contribution in [0.25, 0.3) is 0 Å². The quantitative estimate of drug-likeness (QED) is 0.689. The van der Waals surface area contributed by atoms with Crippen LogP contribution in [0.15, 0.2) is 24.5 Å². The number of hydrogen-bond acceptors (Lipinski definition) is 6. The van der Waals surface area contributed by atoms with E-state index in [0.717, 1.165) is 6.42 Å². The van der Waals surface area contributed by atoms with Crippen LogP contribution in [0.4, 0.5) is 0 Å². The highest BCUT2D eigenvalue weighted by Crippen LogP contribution is 2.40. The zero-order valence-electron chi connectivity index (χ0n) is 15.5. The molecule has 2 heterocycles.